The normalized spacial score (nSPS) is 15.4. The molecule has 0 fully saturated rings. The van der Waals surface area contributed by atoms with E-state index in [4.69, 9.17) is 4.74 Å². The van der Waals surface area contributed by atoms with E-state index in [1.165, 1.54) is 6.26 Å². The molecule has 0 bridgehead atoms. The van der Waals surface area contributed by atoms with Gasteiger partial charge in [0, 0.05) is 13.3 Å². The number of nitrogens with zero attached hydrogens (tertiary/aromatic N) is 2. The van der Waals surface area contributed by atoms with Crippen molar-refractivity contribution >= 4 is 9.84 Å². The van der Waals surface area contributed by atoms with Gasteiger partial charge in [-0.2, -0.15) is 5.10 Å². The predicted molar refractivity (Wildman–Crippen MR) is 70.5 cm³/mol. The van der Waals surface area contributed by atoms with Gasteiger partial charge in [0.15, 0.2) is 15.6 Å². The molecule has 1 aromatic heterocycles. The fourth-order valence-electron chi connectivity index (χ4n) is 1.89. The maximum Gasteiger partial charge on any atom is 0.161 e. The van der Waals surface area contributed by atoms with Crippen LogP contribution in [-0.2, 0) is 16.9 Å². The Morgan fingerprint density at radius 3 is 2.61 bits per heavy atom. The van der Waals surface area contributed by atoms with Crippen molar-refractivity contribution < 1.29 is 13.2 Å². The molecule has 0 amide bonds. The molecule has 1 N–H and O–H groups in total. The number of ether oxygens (including phenoxy) is 1. The molecule has 6 nitrogen and oxygen atoms in total. The Hall–Kier alpha value is -1.08. The van der Waals surface area contributed by atoms with Crippen LogP contribution in [-0.4, -0.2) is 43.4 Å². The Morgan fingerprint density at radius 1 is 1.56 bits per heavy atom. The maximum absolute atomic E-state index is 11.7. The lowest BCUT2D eigenvalue weighted by Gasteiger charge is -2.24. The summed E-state index contributed by atoms with van der Waals surface area (Å²) in [6.07, 6.45) is 2.83. The highest BCUT2D eigenvalue weighted by molar-refractivity contribution is 7.91. The van der Waals surface area contributed by atoms with Crippen LogP contribution in [0.2, 0.25) is 0 Å². The fraction of sp³-hybridized carbons (Fsp3) is 0.727. The lowest BCUT2D eigenvalue weighted by atomic mass is 10.1. The van der Waals surface area contributed by atoms with Crippen LogP contribution in [0.5, 0.6) is 5.75 Å². The van der Waals surface area contributed by atoms with E-state index in [2.05, 4.69) is 10.4 Å². The molecule has 0 radical (unpaired) electrons. The van der Waals surface area contributed by atoms with Crippen LogP contribution >= 0.6 is 0 Å². The number of hydrogen-bond acceptors (Lipinski definition) is 5. The SMILES string of the molecule is CCNC(c1c(OC)cnn1C)C(C)S(C)(=O)=O. The van der Waals surface area contributed by atoms with Crippen molar-refractivity contribution in [3.63, 3.8) is 0 Å². The Bertz CT molecular complexity index is 496. The number of nitrogens with one attached hydrogen (secondary N) is 1. The van der Waals surface area contributed by atoms with Gasteiger partial charge in [0.2, 0.25) is 0 Å². The average molecular weight is 275 g/mol. The van der Waals surface area contributed by atoms with E-state index in [9.17, 15) is 8.42 Å². The van der Waals surface area contributed by atoms with Crippen molar-refractivity contribution in [2.75, 3.05) is 19.9 Å². The number of aromatic nitrogens is 2. The summed E-state index contributed by atoms with van der Waals surface area (Å²) >= 11 is 0. The molecule has 104 valence electrons. The molecule has 1 rings (SSSR count). The van der Waals surface area contributed by atoms with E-state index >= 15 is 0 Å². The summed E-state index contributed by atoms with van der Waals surface area (Å²) in [7, 11) is 0.174. The topological polar surface area (TPSA) is 73.2 Å². The number of sulfone groups is 1. The number of methoxy groups -OCH3 is 1. The molecule has 0 spiro atoms. The molecule has 18 heavy (non-hydrogen) atoms. The molecule has 2 atom stereocenters. The molecule has 0 aliphatic carbocycles. The van der Waals surface area contributed by atoms with Gasteiger partial charge in [-0.3, -0.25) is 4.68 Å². The molecule has 0 aliphatic heterocycles. The minimum atomic E-state index is -3.15. The second kappa shape index (κ2) is 5.71. The molecule has 0 aromatic carbocycles. The molecule has 2 unspecified atom stereocenters. The first kappa shape index (κ1) is 15.0. The van der Waals surface area contributed by atoms with Crippen LogP contribution < -0.4 is 10.1 Å². The largest absolute Gasteiger partial charge is 0.493 e. The molecule has 0 saturated carbocycles. The summed E-state index contributed by atoms with van der Waals surface area (Å²) in [4.78, 5) is 0. The van der Waals surface area contributed by atoms with Gasteiger partial charge < -0.3 is 10.1 Å². The molecule has 7 heteroatoms. The van der Waals surface area contributed by atoms with Crippen LogP contribution in [0.25, 0.3) is 0 Å². The van der Waals surface area contributed by atoms with E-state index in [0.717, 1.165) is 5.69 Å². The van der Waals surface area contributed by atoms with Gasteiger partial charge in [0.05, 0.1) is 30.3 Å². The van der Waals surface area contributed by atoms with E-state index in [-0.39, 0.29) is 6.04 Å². The highest BCUT2D eigenvalue weighted by Gasteiger charge is 2.31. The Kier molecular flexibility index (Phi) is 4.75. The van der Waals surface area contributed by atoms with Crippen molar-refractivity contribution in [3.05, 3.63) is 11.9 Å². The zero-order valence-electron chi connectivity index (χ0n) is 11.5. The second-order valence-electron chi connectivity index (χ2n) is 4.29. The molecule has 1 aromatic rings. The first-order valence-electron chi connectivity index (χ1n) is 5.81. The van der Waals surface area contributed by atoms with Gasteiger partial charge in [-0.25, -0.2) is 8.42 Å². The first-order chi connectivity index (χ1) is 8.32. The maximum atomic E-state index is 11.7. The minimum absolute atomic E-state index is 0.340. The molecule has 1 heterocycles. The van der Waals surface area contributed by atoms with E-state index < -0.39 is 15.1 Å². The van der Waals surface area contributed by atoms with E-state index in [1.54, 1.807) is 32.0 Å². The molecule has 0 saturated heterocycles. The third kappa shape index (κ3) is 3.02. The Balaban J connectivity index is 3.23. The van der Waals surface area contributed by atoms with Crippen LogP contribution in [0.3, 0.4) is 0 Å². The lowest BCUT2D eigenvalue weighted by molar-refractivity contribution is 0.392. The smallest absolute Gasteiger partial charge is 0.161 e. The molecular weight excluding hydrogens is 254 g/mol. The summed E-state index contributed by atoms with van der Waals surface area (Å²) < 4.78 is 30.4. The monoisotopic (exact) mass is 275 g/mol. The Morgan fingerprint density at radius 2 is 2.17 bits per heavy atom. The second-order valence-corrected chi connectivity index (χ2v) is 6.69. The van der Waals surface area contributed by atoms with Crippen molar-refractivity contribution in [1.82, 2.24) is 15.1 Å². The van der Waals surface area contributed by atoms with Crippen molar-refractivity contribution in [3.8, 4) is 5.75 Å². The summed E-state index contributed by atoms with van der Waals surface area (Å²) in [5.41, 5.74) is 0.747. The number of aryl methyl sites for hydroxylation is 1. The van der Waals surface area contributed by atoms with Gasteiger partial charge in [0.1, 0.15) is 0 Å². The standard InChI is InChI=1S/C11H21N3O3S/c1-6-12-10(8(2)18(5,15)16)11-9(17-4)7-13-14(11)3/h7-8,10,12H,6H2,1-5H3. The third-order valence-corrected chi connectivity index (χ3v) is 4.66. The van der Waals surface area contributed by atoms with Gasteiger partial charge in [-0.05, 0) is 13.5 Å². The summed E-state index contributed by atoms with van der Waals surface area (Å²) in [6, 6.07) is -0.340. The summed E-state index contributed by atoms with van der Waals surface area (Å²) in [6.45, 7) is 4.29. The van der Waals surface area contributed by atoms with Crippen LogP contribution in [0.15, 0.2) is 6.20 Å². The van der Waals surface area contributed by atoms with Crippen LogP contribution in [0, 0.1) is 0 Å². The molecular formula is C11H21N3O3S. The number of hydrogen-bond donors (Lipinski definition) is 1. The minimum Gasteiger partial charge on any atom is -0.493 e. The molecule has 0 aliphatic rings. The van der Waals surface area contributed by atoms with Gasteiger partial charge in [-0.1, -0.05) is 6.92 Å². The quantitative estimate of drug-likeness (QED) is 0.819. The van der Waals surface area contributed by atoms with Crippen LogP contribution in [0.1, 0.15) is 25.6 Å². The van der Waals surface area contributed by atoms with E-state index in [1.807, 2.05) is 6.92 Å². The zero-order chi connectivity index (χ0) is 13.9. The van der Waals surface area contributed by atoms with Gasteiger partial charge in [0.25, 0.3) is 0 Å². The third-order valence-electron chi connectivity index (χ3n) is 3.03. The van der Waals surface area contributed by atoms with Gasteiger partial charge in [-0.15, -0.1) is 0 Å². The summed E-state index contributed by atoms with van der Waals surface area (Å²) in [5, 5.41) is 6.74. The zero-order valence-corrected chi connectivity index (χ0v) is 12.3. The van der Waals surface area contributed by atoms with Crippen molar-refractivity contribution in [2.24, 2.45) is 7.05 Å². The van der Waals surface area contributed by atoms with Gasteiger partial charge >= 0.3 is 0 Å². The van der Waals surface area contributed by atoms with E-state index in [0.29, 0.717) is 12.3 Å². The highest BCUT2D eigenvalue weighted by atomic mass is 32.2. The first-order valence-corrected chi connectivity index (χ1v) is 7.76. The highest BCUT2D eigenvalue weighted by Crippen LogP contribution is 2.29. The average Bonchev–Trinajstić information content (AvgIpc) is 2.65. The van der Waals surface area contributed by atoms with Crippen molar-refractivity contribution in [1.29, 1.82) is 0 Å². The predicted octanol–water partition coefficient (Wildman–Crippen LogP) is 0.512. The van der Waals surface area contributed by atoms with Crippen molar-refractivity contribution in [2.45, 2.75) is 25.1 Å². The lowest BCUT2D eigenvalue weighted by Crippen LogP contribution is -2.36. The fourth-order valence-corrected chi connectivity index (χ4v) is 2.61. The number of rotatable bonds is 6. The van der Waals surface area contributed by atoms with Crippen LogP contribution in [0.4, 0.5) is 0 Å². The Labute approximate surface area is 108 Å². The summed E-state index contributed by atoms with van der Waals surface area (Å²) in [5.74, 6) is 0.596.